The molecule has 0 radical (unpaired) electrons. The van der Waals surface area contributed by atoms with Gasteiger partial charge in [0.25, 0.3) is 0 Å². The van der Waals surface area contributed by atoms with Crippen molar-refractivity contribution in [1.29, 1.82) is 5.26 Å². The number of allylic oxidation sites excluding steroid dienone is 1. The van der Waals surface area contributed by atoms with Crippen LogP contribution in [0.15, 0.2) is 16.1 Å². The summed E-state index contributed by atoms with van der Waals surface area (Å²) in [5.41, 5.74) is 2.43. The third-order valence-corrected chi connectivity index (χ3v) is 7.57. The van der Waals surface area contributed by atoms with Crippen LogP contribution in [0.1, 0.15) is 46.5 Å². The molecule has 0 aromatic carbocycles. The summed E-state index contributed by atoms with van der Waals surface area (Å²) < 4.78 is 6.07. The maximum absolute atomic E-state index is 9.91. The van der Waals surface area contributed by atoms with Crippen LogP contribution in [0.4, 0.5) is 0 Å². The normalized spacial score (nSPS) is 46.9. The zero-order valence-electron chi connectivity index (χ0n) is 14.4. The van der Waals surface area contributed by atoms with Gasteiger partial charge in [-0.15, -0.1) is 0 Å². The molecule has 3 heteroatoms. The average molecular weight is 310 g/mol. The molecule has 0 spiro atoms. The van der Waals surface area contributed by atoms with Gasteiger partial charge in [0.15, 0.2) is 0 Å². The molecule has 6 aliphatic rings. The first kappa shape index (κ1) is 14.1. The fourth-order valence-corrected chi connectivity index (χ4v) is 6.62. The molecule has 1 aliphatic heterocycles. The summed E-state index contributed by atoms with van der Waals surface area (Å²) in [4.78, 5) is 4.95. The van der Waals surface area contributed by atoms with E-state index in [0.717, 1.165) is 35.1 Å². The summed E-state index contributed by atoms with van der Waals surface area (Å²) in [6, 6.07) is 2.83. The second kappa shape index (κ2) is 4.41. The Hall–Kier alpha value is -1.30. The minimum Gasteiger partial charge on any atom is -0.475 e. The largest absolute Gasteiger partial charge is 0.475 e. The van der Waals surface area contributed by atoms with Crippen molar-refractivity contribution in [1.82, 2.24) is 0 Å². The zero-order chi connectivity index (χ0) is 15.9. The predicted molar refractivity (Wildman–Crippen MR) is 88.7 cm³/mol. The van der Waals surface area contributed by atoms with Crippen LogP contribution in [-0.2, 0) is 4.74 Å². The molecule has 122 valence electrons. The van der Waals surface area contributed by atoms with Crippen LogP contribution in [-0.4, -0.2) is 18.5 Å². The first-order valence-electron chi connectivity index (χ1n) is 9.36. The van der Waals surface area contributed by atoms with Gasteiger partial charge in [0.1, 0.15) is 6.61 Å². The van der Waals surface area contributed by atoms with E-state index in [-0.39, 0.29) is 11.5 Å². The van der Waals surface area contributed by atoms with Gasteiger partial charge in [0, 0.05) is 17.1 Å². The maximum Gasteiger partial charge on any atom is 0.213 e. The number of ether oxygens (including phenoxy) is 1. The monoisotopic (exact) mass is 310 g/mol. The molecule has 0 aromatic heterocycles. The van der Waals surface area contributed by atoms with Crippen LogP contribution >= 0.6 is 0 Å². The molecule has 0 amide bonds. The van der Waals surface area contributed by atoms with Crippen molar-refractivity contribution in [3.8, 4) is 6.07 Å². The molecule has 3 fully saturated rings. The van der Waals surface area contributed by atoms with Gasteiger partial charge in [-0.05, 0) is 60.7 Å². The molecular formula is C20H26N2O. The first-order valence-corrected chi connectivity index (χ1v) is 9.36. The summed E-state index contributed by atoms with van der Waals surface area (Å²) in [5.74, 6) is 5.10. The Morgan fingerprint density at radius 2 is 1.57 bits per heavy atom. The molecule has 0 saturated heterocycles. The van der Waals surface area contributed by atoms with E-state index in [1.54, 1.807) is 0 Å². The third-order valence-electron chi connectivity index (χ3n) is 7.57. The van der Waals surface area contributed by atoms with Gasteiger partial charge in [-0.2, -0.15) is 5.26 Å². The molecule has 4 unspecified atom stereocenters. The second-order valence-electron chi connectivity index (χ2n) is 9.43. The lowest BCUT2D eigenvalue weighted by Crippen LogP contribution is -2.45. The van der Waals surface area contributed by atoms with Crippen LogP contribution < -0.4 is 0 Å². The Morgan fingerprint density at radius 1 is 1.00 bits per heavy atom. The molecular weight excluding hydrogens is 284 g/mol. The highest BCUT2D eigenvalue weighted by Gasteiger charge is 2.63. The zero-order valence-corrected chi connectivity index (χ0v) is 14.4. The number of aliphatic imine (C=N–C) groups is 1. The van der Waals surface area contributed by atoms with Gasteiger partial charge in [-0.1, -0.05) is 20.8 Å². The lowest BCUT2D eigenvalue weighted by Gasteiger charge is -2.48. The first-order chi connectivity index (χ1) is 11.0. The Kier molecular flexibility index (Phi) is 2.70. The topological polar surface area (TPSA) is 45.4 Å². The van der Waals surface area contributed by atoms with Gasteiger partial charge in [-0.3, -0.25) is 0 Å². The number of hydrogen-bond donors (Lipinski definition) is 0. The highest BCUT2D eigenvalue weighted by atomic mass is 16.5. The van der Waals surface area contributed by atoms with E-state index in [9.17, 15) is 5.26 Å². The predicted octanol–water partition coefficient (Wildman–Crippen LogP) is 3.96. The van der Waals surface area contributed by atoms with E-state index in [2.05, 4.69) is 26.8 Å². The van der Waals surface area contributed by atoms with Crippen molar-refractivity contribution in [3.63, 3.8) is 0 Å². The number of hydrogen-bond acceptors (Lipinski definition) is 3. The van der Waals surface area contributed by atoms with Gasteiger partial charge >= 0.3 is 0 Å². The van der Waals surface area contributed by atoms with E-state index >= 15 is 0 Å². The number of nitrogens with zero attached hydrogens (tertiary/aromatic N) is 2. The van der Waals surface area contributed by atoms with Crippen molar-refractivity contribution in [3.05, 3.63) is 11.1 Å². The molecule has 23 heavy (non-hydrogen) atoms. The summed E-state index contributed by atoms with van der Waals surface area (Å²) in [7, 11) is 0. The number of nitriles is 1. The van der Waals surface area contributed by atoms with E-state index in [0.29, 0.717) is 18.4 Å². The summed E-state index contributed by atoms with van der Waals surface area (Å²) in [5, 5.41) is 9.91. The Balaban J connectivity index is 1.62. The minimum atomic E-state index is 0.126. The van der Waals surface area contributed by atoms with E-state index in [4.69, 9.17) is 9.73 Å². The van der Waals surface area contributed by atoms with Gasteiger partial charge in [-0.25, -0.2) is 4.99 Å². The van der Waals surface area contributed by atoms with Crippen molar-refractivity contribution in [2.75, 3.05) is 6.61 Å². The van der Waals surface area contributed by atoms with Gasteiger partial charge in [0.05, 0.1) is 12.1 Å². The Labute approximate surface area is 138 Å². The lowest BCUT2D eigenvalue weighted by molar-refractivity contribution is 0.0985. The van der Waals surface area contributed by atoms with E-state index in [1.165, 1.54) is 31.3 Å². The van der Waals surface area contributed by atoms with Crippen LogP contribution in [0.3, 0.4) is 0 Å². The highest BCUT2D eigenvalue weighted by molar-refractivity contribution is 5.97. The molecule has 3 nitrogen and oxygen atoms in total. The van der Waals surface area contributed by atoms with Crippen molar-refractivity contribution in [2.24, 2.45) is 45.9 Å². The van der Waals surface area contributed by atoms with Crippen molar-refractivity contribution >= 4 is 5.90 Å². The summed E-state index contributed by atoms with van der Waals surface area (Å²) >= 11 is 0. The number of rotatable bonds is 1. The third kappa shape index (κ3) is 1.68. The van der Waals surface area contributed by atoms with Crippen LogP contribution in [0, 0.1) is 52.3 Å². The molecule has 0 N–H and O–H groups in total. The smallest absolute Gasteiger partial charge is 0.213 e. The average Bonchev–Trinajstić information content (AvgIpc) is 3.17. The Bertz CT molecular complexity index is 642. The second-order valence-corrected chi connectivity index (χ2v) is 9.43. The quantitative estimate of drug-likeness (QED) is 0.736. The molecule has 1 heterocycles. The fourth-order valence-electron chi connectivity index (χ4n) is 6.62. The van der Waals surface area contributed by atoms with E-state index < -0.39 is 0 Å². The van der Waals surface area contributed by atoms with Crippen LogP contribution in [0.25, 0.3) is 0 Å². The molecule has 5 aliphatic carbocycles. The van der Waals surface area contributed by atoms with Gasteiger partial charge in [0.2, 0.25) is 5.90 Å². The minimum absolute atomic E-state index is 0.126. The fraction of sp³-hybridized carbons (Fsp3) is 0.800. The molecule has 6 bridgehead atoms. The van der Waals surface area contributed by atoms with Gasteiger partial charge < -0.3 is 4.74 Å². The molecule has 3 saturated carbocycles. The van der Waals surface area contributed by atoms with Crippen LogP contribution in [0.5, 0.6) is 0 Å². The van der Waals surface area contributed by atoms with E-state index in [1.807, 2.05) is 0 Å². The maximum atomic E-state index is 9.91. The Morgan fingerprint density at radius 3 is 2.04 bits per heavy atom. The summed E-state index contributed by atoms with van der Waals surface area (Å²) in [6.45, 7) is 7.36. The molecule has 6 rings (SSSR count). The van der Waals surface area contributed by atoms with Crippen LogP contribution in [0.2, 0.25) is 0 Å². The lowest BCUT2D eigenvalue weighted by atomic mass is 9.55. The molecule has 5 atom stereocenters. The van der Waals surface area contributed by atoms with Crippen molar-refractivity contribution in [2.45, 2.75) is 52.5 Å². The van der Waals surface area contributed by atoms with Crippen molar-refractivity contribution < 1.29 is 4.74 Å². The summed E-state index contributed by atoms with van der Waals surface area (Å²) in [6.07, 6.45) is 5.43. The highest BCUT2D eigenvalue weighted by Crippen LogP contribution is 2.69. The SMILES string of the molecule is CC(C)(C)[C@H]1COC(C2=C(C#N)C3C4CCC3C3CCC4C23)=N1. The molecule has 0 aromatic rings. The standard InChI is InChI=1S/C20H26N2O/c1-20(2,3)15-9-23-19(22-15)18-14(8-21)16-10-4-5-11(16)13-7-6-12(10)17(13)18/h10-13,15-17H,4-7,9H2,1-3H3/t10?,11?,12?,13?,15-,16?,17?/m1/s1.